The summed E-state index contributed by atoms with van der Waals surface area (Å²) >= 11 is 0. The smallest absolute Gasteiger partial charge is 0.0358 e. The minimum Gasteiger partial charge on any atom is -0.0654 e. The van der Waals surface area contributed by atoms with Crippen molar-refractivity contribution in [1.29, 1.82) is 0 Å². The fourth-order valence-corrected chi connectivity index (χ4v) is 4.28. The van der Waals surface area contributed by atoms with Crippen molar-refractivity contribution in [3.63, 3.8) is 0 Å². The number of unbranched alkanes of at least 4 members (excludes halogenated alkanes) is 20. The largest absolute Gasteiger partial charge is 0.0654 e. The second-order valence-corrected chi connectivity index (χ2v) is 9.51. The molecule has 0 aromatic rings. The molecule has 0 amide bonds. The summed E-state index contributed by atoms with van der Waals surface area (Å²) in [6, 6.07) is 0. The van der Waals surface area contributed by atoms with Crippen molar-refractivity contribution >= 4 is 0 Å². The van der Waals surface area contributed by atoms with Gasteiger partial charge in [-0.15, -0.1) is 0 Å². The van der Waals surface area contributed by atoms with E-state index in [1.807, 2.05) is 0 Å². The van der Waals surface area contributed by atoms with E-state index in [4.69, 9.17) is 0 Å². The normalized spacial score (nSPS) is 12.5. The molecule has 28 heavy (non-hydrogen) atoms. The van der Waals surface area contributed by atoms with Crippen LogP contribution in [0.3, 0.4) is 0 Å². The van der Waals surface area contributed by atoms with Crippen molar-refractivity contribution in [2.75, 3.05) is 0 Å². The average molecular weight is 394 g/mol. The number of rotatable bonds is 24. The Labute approximate surface area is 181 Å². The van der Waals surface area contributed by atoms with E-state index in [0.29, 0.717) is 0 Å². The van der Waals surface area contributed by atoms with E-state index in [1.54, 1.807) is 0 Å². The summed E-state index contributed by atoms with van der Waals surface area (Å²) in [4.78, 5) is 0. The van der Waals surface area contributed by atoms with Gasteiger partial charge in [-0.3, -0.25) is 0 Å². The first-order valence-corrected chi connectivity index (χ1v) is 13.6. The first kappa shape index (κ1) is 28.0. The van der Waals surface area contributed by atoms with Crippen molar-refractivity contribution in [2.45, 2.75) is 168 Å². The van der Waals surface area contributed by atoms with Crippen molar-refractivity contribution in [1.82, 2.24) is 0 Å². The fourth-order valence-electron chi connectivity index (χ4n) is 4.28. The number of hydrogen-bond donors (Lipinski definition) is 0. The molecular weight excluding hydrogens is 336 g/mol. The molecule has 0 saturated heterocycles. The molecule has 0 spiro atoms. The molecule has 1 unspecified atom stereocenters. The molecule has 0 saturated carbocycles. The second kappa shape index (κ2) is 25.0. The highest BCUT2D eigenvalue weighted by Gasteiger charge is 2.02. The lowest BCUT2D eigenvalue weighted by molar-refractivity contribution is 0.497. The van der Waals surface area contributed by atoms with Crippen LogP contribution in [0.5, 0.6) is 0 Å². The van der Waals surface area contributed by atoms with Gasteiger partial charge in [0.2, 0.25) is 0 Å². The van der Waals surface area contributed by atoms with E-state index in [1.165, 1.54) is 148 Å². The van der Waals surface area contributed by atoms with Gasteiger partial charge in [0.1, 0.15) is 0 Å². The zero-order chi connectivity index (χ0) is 20.5. The van der Waals surface area contributed by atoms with Gasteiger partial charge in [0, 0.05) is 0 Å². The first-order valence-electron chi connectivity index (χ1n) is 13.6. The van der Waals surface area contributed by atoms with Gasteiger partial charge in [-0.1, -0.05) is 162 Å². The van der Waals surface area contributed by atoms with E-state index in [9.17, 15) is 0 Å². The summed E-state index contributed by atoms with van der Waals surface area (Å²) in [6.07, 6.45) is 35.9. The summed E-state index contributed by atoms with van der Waals surface area (Å²) in [5.74, 6) is 0.845. The van der Waals surface area contributed by atoms with E-state index >= 15 is 0 Å². The molecule has 1 atom stereocenters. The molecule has 0 aliphatic heterocycles. The minimum absolute atomic E-state index is 0.845. The highest BCUT2D eigenvalue weighted by Crippen LogP contribution is 2.18. The Morgan fingerprint density at radius 1 is 0.429 bits per heavy atom. The average Bonchev–Trinajstić information content (AvgIpc) is 2.70. The lowest BCUT2D eigenvalue weighted by Crippen LogP contribution is -1.96. The summed E-state index contributed by atoms with van der Waals surface area (Å²) < 4.78 is 0. The van der Waals surface area contributed by atoms with Gasteiger partial charge < -0.3 is 0 Å². The predicted molar refractivity (Wildman–Crippen MR) is 131 cm³/mol. The van der Waals surface area contributed by atoms with Gasteiger partial charge in [0.05, 0.1) is 0 Å². The minimum atomic E-state index is 0.845. The highest BCUT2D eigenvalue weighted by molar-refractivity contribution is 4.72. The quantitative estimate of drug-likeness (QED) is 0.143. The molecule has 0 aliphatic rings. The molecular formula is C28H57. The summed E-state index contributed by atoms with van der Waals surface area (Å²) in [5, 5.41) is 0. The second-order valence-electron chi connectivity index (χ2n) is 9.51. The van der Waals surface area contributed by atoms with Gasteiger partial charge in [0.15, 0.2) is 0 Å². The van der Waals surface area contributed by atoms with Crippen molar-refractivity contribution in [2.24, 2.45) is 5.92 Å². The Balaban J connectivity index is 3.12. The lowest BCUT2D eigenvalue weighted by Gasteiger charge is -2.10. The fraction of sp³-hybridized carbons (Fsp3) is 0.964. The van der Waals surface area contributed by atoms with Crippen LogP contribution >= 0.6 is 0 Å². The van der Waals surface area contributed by atoms with E-state index in [-0.39, 0.29) is 0 Å². The molecule has 0 N–H and O–H groups in total. The van der Waals surface area contributed by atoms with Crippen LogP contribution in [0.15, 0.2) is 0 Å². The zero-order valence-electron chi connectivity index (χ0n) is 20.4. The van der Waals surface area contributed by atoms with Gasteiger partial charge in [-0.25, -0.2) is 0 Å². The third-order valence-electron chi connectivity index (χ3n) is 6.39. The molecule has 1 radical (unpaired) electrons. The zero-order valence-corrected chi connectivity index (χ0v) is 20.4. The molecule has 0 aromatic carbocycles. The van der Waals surface area contributed by atoms with Crippen LogP contribution in [0, 0.1) is 12.3 Å². The Morgan fingerprint density at radius 2 is 0.750 bits per heavy atom. The van der Waals surface area contributed by atoms with E-state index < -0.39 is 0 Å². The SMILES string of the molecule is CCCCCCCCCCCCCC[CH]C(C)CCCCCCCCCCC. The van der Waals surface area contributed by atoms with Gasteiger partial charge in [-0.05, 0) is 18.8 Å². The van der Waals surface area contributed by atoms with E-state index in [0.717, 1.165) is 5.92 Å². The maximum Gasteiger partial charge on any atom is -0.0358 e. The van der Waals surface area contributed by atoms with Gasteiger partial charge >= 0.3 is 0 Å². The topological polar surface area (TPSA) is 0 Å². The molecule has 0 fully saturated rings. The molecule has 0 nitrogen and oxygen atoms in total. The maximum absolute atomic E-state index is 2.61. The summed E-state index contributed by atoms with van der Waals surface area (Å²) in [7, 11) is 0. The molecule has 0 aliphatic carbocycles. The Bertz CT molecular complexity index is 257. The molecule has 0 aromatic heterocycles. The van der Waals surface area contributed by atoms with Crippen molar-refractivity contribution in [3.8, 4) is 0 Å². The monoisotopic (exact) mass is 393 g/mol. The van der Waals surface area contributed by atoms with Crippen molar-refractivity contribution < 1.29 is 0 Å². The van der Waals surface area contributed by atoms with E-state index in [2.05, 4.69) is 27.2 Å². The predicted octanol–water partition coefficient (Wildman–Crippen LogP) is 10.8. The maximum atomic E-state index is 2.61. The standard InChI is InChI=1S/C28H57/c1-4-6-8-10-12-14-15-16-17-19-21-23-25-27-28(3)26-24-22-20-18-13-11-9-7-5-2/h27-28H,4-26H2,1-3H3. The number of hydrogen-bond acceptors (Lipinski definition) is 0. The highest BCUT2D eigenvalue weighted by atomic mass is 14.1. The van der Waals surface area contributed by atoms with Crippen LogP contribution in [-0.4, -0.2) is 0 Å². The van der Waals surface area contributed by atoms with Gasteiger partial charge in [-0.2, -0.15) is 0 Å². The third kappa shape index (κ3) is 24.0. The summed E-state index contributed by atoms with van der Waals surface area (Å²) in [5.41, 5.74) is 0. The first-order chi connectivity index (χ1) is 13.8. The van der Waals surface area contributed by atoms with Crippen LogP contribution in [0.2, 0.25) is 0 Å². The lowest BCUT2D eigenvalue weighted by atomic mass is 9.95. The Kier molecular flexibility index (Phi) is 25.0. The molecule has 0 heterocycles. The molecule has 169 valence electrons. The van der Waals surface area contributed by atoms with Crippen LogP contribution in [0.1, 0.15) is 168 Å². The van der Waals surface area contributed by atoms with Crippen LogP contribution < -0.4 is 0 Å². The summed E-state index contributed by atoms with van der Waals surface area (Å²) in [6.45, 7) is 7.04. The van der Waals surface area contributed by atoms with Gasteiger partial charge in [0.25, 0.3) is 0 Å². The third-order valence-corrected chi connectivity index (χ3v) is 6.39. The Morgan fingerprint density at radius 3 is 1.14 bits per heavy atom. The van der Waals surface area contributed by atoms with Crippen LogP contribution in [-0.2, 0) is 0 Å². The molecule has 0 rings (SSSR count). The van der Waals surface area contributed by atoms with Crippen LogP contribution in [0.25, 0.3) is 0 Å². The Hall–Kier alpha value is 0. The molecule has 0 bridgehead atoms. The molecule has 0 heteroatoms. The van der Waals surface area contributed by atoms with Crippen LogP contribution in [0.4, 0.5) is 0 Å². The van der Waals surface area contributed by atoms with Crippen molar-refractivity contribution in [3.05, 3.63) is 6.42 Å².